The van der Waals surface area contributed by atoms with E-state index in [-0.39, 0.29) is 11.6 Å². The van der Waals surface area contributed by atoms with Crippen LogP contribution in [0.5, 0.6) is 0 Å². The molecular formula is C7H12N4O2. The Hall–Kier alpha value is -1.30. The molecule has 6 heteroatoms. The van der Waals surface area contributed by atoms with Gasteiger partial charge < -0.3 is 20.2 Å². The summed E-state index contributed by atoms with van der Waals surface area (Å²) in [5.41, 5.74) is 5.17. The number of nitrogen functional groups attached to an aromatic ring is 1. The van der Waals surface area contributed by atoms with Gasteiger partial charge in [0.2, 0.25) is 0 Å². The quantitative estimate of drug-likeness (QED) is 0.684. The van der Waals surface area contributed by atoms with Gasteiger partial charge in [0.05, 0.1) is 12.1 Å². The number of hydrogen-bond acceptors (Lipinski definition) is 6. The average Bonchev–Trinajstić information content (AvgIpc) is 2.62. The Morgan fingerprint density at radius 2 is 2.38 bits per heavy atom. The second-order valence-electron chi connectivity index (χ2n) is 3.43. The lowest BCUT2D eigenvalue weighted by atomic mass is 10.0. The molecule has 0 amide bonds. The van der Waals surface area contributed by atoms with E-state index in [1.54, 1.807) is 0 Å². The van der Waals surface area contributed by atoms with Crippen LogP contribution in [0.1, 0.15) is 13.3 Å². The van der Waals surface area contributed by atoms with Crippen LogP contribution >= 0.6 is 0 Å². The number of nitrogens with one attached hydrogen (secondary N) is 1. The molecule has 1 saturated heterocycles. The second-order valence-corrected chi connectivity index (χ2v) is 3.43. The molecule has 0 radical (unpaired) electrons. The fourth-order valence-corrected chi connectivity index (χ4v) is 1.31. The molecule has 0 bridgehead atoms. The minimum absolute atomic E-state index is 0.0741. The number of hydrogen-bond donors (Lipinski definition) is 2. The first-order chi connectivity index (χ1) is 6.18. The second kappa shape index (κ2) is 2.88. The van der Waals surface area contributed by atoms with Gasteiger partial charge in [-0.1, -0.05) is 10.2 Å². The molecular weight excluding hydrogens is 172 g/mol. The summed E-state index contributed by atoms with van der Waals surface area (Å²) in [6, 6.07) is 0.426. The van der Waals surface area contributed by atoms with Gasteiger partial charge in [0.15, 0.2) is 0 Å². The zero-order chi connectivity index (χ0) is 9.31. The van der Waals surface area contributed by atoms with Gasteiger partial charge >= 0.3 is 12.0 Å². The molecule has 2 rings (SSSR count). The van der Waals surface area contributed by atoms with Gasteiger partial charge in [0, 0.05) is 6.61 Å². The number of anilines is 2. The fourth-order valence-electron chi connectivity index (χ4n) is 1.31. The van der Waals surface area contributed by atoms with Crippen molar-refractivity contribution in [3.8, 4) is 0 Å². The highest BCUT2D eigenvalue weighted by Crippen LogP contribution is 2.22. The molecule has 1 aliphatic rings. The van der Waals surface area contributed by atoms with Crippen LogP contribution in [0.3, 0.4) is 0 Å². The lowest BCUT2D eigenvalue weighted by molar-refractivity contribution is 0.184. The van der Waals surface area contributed by atoms with Crippen LogP contribution in [0.4, 0.5) is 12.0 Å². The summed E-state index contributed by atoms with van der Waals surface area (Å²) >= 11 is 0. The van der Waals surface area contributed by atoms with Crippen LogP contribution in [0.25, 0.3) is 0 Å². The third kappa shape index (κ3) is 1.72. The number of ether oxygens (including phenoxy) is 1. The van der Waals surface area contributed by atoms with Gasteiger partial charge in [-0.3, -0.25) is 0 Å². The van der Waals surface area contributed by atoms with Crippen LogP contribution in [0.15, 0.2) is 4.42 Å². The van der Waals surface area contributed by atoms with Gasteiger partial charge in [-0.05, 0) is 13.3 Å². The minimum atomic E-state index is -0.112. The van der Waals surface area contributed by atoms with Gasteiger partial charge in [0.1, 0.15) is 0 Å². The van der Waals surface area contributed by atoms with Crippen molar-refractivity contribution < 1.29 is 9.15 Å². The van der Waals surface area contributed by atoms with Gasteiger partial charge in [0.25, 0.3) is 0 Å². The van der Waals surface area contributed by atoms with Crippen LogP contribution in [-0.4, -0.2) is 29.0 Å². The Morgan fingerprint density at radius 3 is 2.92 bits per heavy atom. The van der Waals surface area contributed by atoms with Crippen molar-refractivity contribution >= 4 is 12.0 Å². The molecule has 3 N–H and O–H groups in total. The van der Waals surface area contributed by atoms with Gasteiger partial charge in [-0.25, -0.2) is 0 Å². The number of aromatic nitrogens is 2. The van der Waals surface area contributed by atoms with Crippen molar-refractivity contribution in [2.24, 2.45) is 0 Å². The Labute approximate surface area is 75.5 Å². The summed E-state index contributed by atoms with van der Waals surface area (Å²) in [4.78, 5) is 0. The molecule has 1 aromatic rings. The van der Waals surface area contributed by atoms with E-state index >= 15 is 0 Å². The SMILES string of the molecule is CC1(Nc2nnc(N)o2)CCOC1. The van der Waals surface area contributed by atoms with E-state index in [2.05, 4.69) is 15.5 Å². The molecule has 0 aliphatic carbocycles. The maximum Gasteiger partial charge on any atom is 0.317 e. The normalized spacial score (nSPS) is 27.8. The smallest absolute Gasteiger partial charge is 0.317 e. The lowest BCUT2D eigenvalue weighted by Gasteiger charge is -2.21. The molecule has 1 atom stereocenters. The molecule has 1 unspecified atom stereocenters. The zero-order valence-corrected chi connectivity index (χ0v) is 7.41. The third-order valence-corrected chi connectivity index (χ3v) is 2.07. The monoisotopic (exact) mass is 184 g/mol. The maximum absolute atomic E-state index is 5.28. The summed E-state index contributed by atoms with van der Waals surface area (Å²) in [6.45, 7) is 3.45. The fraction of sp³-hybridized carbons (Fsp3) is 0.714. The maximum atomic E-state index is 5.28. The third-order valence-electron chi connectivity index (χ3n) is 2.07. The number of nitrogens with two attached hydrogens (primary N) is 1. The molecule has 0 saturated carbocycles. The van der Waals surface area contributed by atoms with Crippen LogP contribution < -0.4 is 11.1 Å². The van der Waals surface area contributed by atoms with E-state index in [9.17, 15) is 0 Å². The first-order valence-corrected chi connectivity index (χ1v) is 4.13. The van der Waals surface area contributed by atoms with Crippen LogP contribution in [-0.2, 0) is 4.74 Å². The van der Waals surface area contributed by atoms with Gasteiger partial charge in [-0.2, -0.15) is 0 Å². The van der Waals surface area contributed by atoms with E-state index in [0.717, 1.165) is 13.0 Å². The van der Waals surface area contributed by atoms with Crippen LogP contribution in [0.2, 0.25) is 0 Å². The molecule has 2 heterocycles. The average molecular weight is 184 g/mol. The van der Waals surface area contributed by atoms with Crippen molar-refractivity contribution in [2.45, 2.75) is 18.9 Å². The molecule has 13 heavy (non-hydrogen) atoms. The summed E-state index contributed by atoms with van der Waals surface area (Å²) in [7, 11) is 0. The highest BCUT2D eigenvalue weighted by molar-refractivity contribution is 5.27. The Kier molecular flexibility index (Phi) is 1.84. The first kappa shape index (κ1) is 8.31. The van der Waals surface area contributed by atoms with Gasteiger partial charge in [-0.15, -0.1) is 0 Å². The Balaban J connectivity index is 2.04. The molecule has 0 aromatic carbocycles. The predicted molar refractivity (Wildman–Crippen MR) is 46.2 cm³/mol. The van der Waals surface area contributed by atoms with Crippen molar-refractivity contribution in [1.29, 1.82) is 0 Å². The molecule has 1 aromatic heterocycles. The van der Waals surface area contributed by atoms with E-state index in [1.165, 1.54) is 0 Å². The van der Waals surface area contributed by atoms with E-state index in [1.807, 2.05) is 6.92 Å². The topological polar surface area (TPSA) is 86.2 Å². The highest BCUT2D eigenvalue weighted by atomic mass is 16.5. The molecule has 6 nitrogen and oxygen atoms in total. The Bertz CT molecular complexity index is 292. The zero-order valence-electron chi connectivity index (χ0n) is 7.41. The van der Waals surface area contributed by atoms with Crippen LogP contribution in [0, 0.1) is 0 Å². The van der Waals surface area contributed by atoms with Crippen molar-refractivity contribution in [2.75, 3.05) is 24.3 Å². The van der Waals surface area contributed by atoms with E-state index in [0.29, 0.717) is 12.6 Å². The predicted octanol–water partition coefficient (Wildman–Crippen LogP) is 0.243. The largest absolute Gasteiger partial charge is 0.390 e. The summed E-state index contributed by atoms with van der Waals surface area (Å²) in [5, 5.41) is 10.4. The number of nitrogens with zero attached hydrogens (tertiary/aromatic N) is 2. The first-order valence-electron chi connectivity index (χ1n) is 4.13. The van der Waals surface area contributed by atoms with Crippen molar-refractivity contribution in [3.63, 3.8) is 0 Å². The highest BCUT2D eigenvalue weighted by Gasteiger charge is 2.30. The van der Waals surface area contributed by atoms with E-state index in [4.69, 9.17) is 14.9 Å². The molecule has 1 fully saturated rings. The number of rotatable bonds is 2. The molecule has 0 spiro atoms. The van der Waals surface area contributed by atoms with Crippen molar-refractivity contribution in [3.05, 3.63) is 0 Å². The van der Waals surface area contributed by atoms with Crippen molar-refractivity contribution in [1.82, 2.24) is 10.2 Å². The lowest BCUT2D eigenvalue weighted by Crippen LogP contribution is -2.35. The minimum Gasteiger partial charge on any atom is -0.390 e. The Morgan fingerprint density at radius 1 is 1.54 bits per heavy atom. The summed E-state index contributed by atoms with van der Waals surface area (Å²) in [5.74, 6) is 0. The molecule has 1 aliphatic heterocycles. The molecule has 72 valence electrons. The summed E-state index contributed by atoms with van der Waals surface area (Å²) in [6.07, 6.45) is 0.926. The van der Waals surface area contributed by atoms with E-state index < -0.39 is 0 Å². The standard InChI is InChI=1S/C7H12N4O2/c1-7(2-3-12-4-7)9-6-11-10-5(8)13-6/h2-4H2,1H3,(H2,8,10)(H,9,11). The summed E-state index contributed by atoms with van der Waals surface area (Å²) < 4.78 is 10.3.